The Morgan fingerprint density at radius 3 is 2.24 bits per heavy atom. The molecule has 94 valence electrons. The molecule has 0 amide bonds. The Labute approximate surface area is 105 Å². The van der Waals surface area contributed by atoms with Crippen LogP contribution in [0.1, 0.15) is 62.5 Å². The summed E-state index contributed by atoms with van der Waals surface area (Å²) in [6.45, 7) is 4.67. The van der Waals surface area contributed by atoms with Crippen molar-refractivity contribution in [2.24, 2.45) is 5.92 Å². The first-order valence-corrected chi connectivity index (χ1v) is 6.91. The third-order valence-corrected chi connectivity index (χ3v) is 4.27. The Morgan fingerprint density at radius 1 is 1.12 bits per heavy atom. The average molecular weight is 232 g/mol. The van der Waals surface area contributed by atoms with Gasteiger partial charge in [-0.1, -0.05) is 51.0 Å². The summed E-state index contributed by atoms with van der Waals surface area (Å²) in [4.78, 5) is 0. The van der Waals surface area contributed by atoms with Crippen LogP contribution in [0.25, 0.3) is 0 Å². The third kappa shape index (κ3) is 3.10. The standard InChI is InChI=1S/C16H24O/c1-12-3-5-15(6-4-12)16-9-7-14(8-10-16)13(2)11-17/h7-10,12-13,15,17H,3-6,11H2,1-2H3. The number of benzene rings is 1. The highest BCUT2D eigenvalue weighted by Crippen LogP contribution is 2.35. The van der Waals surface area contributed by atoms with E-state index < -0.39 is 0 Å². The van der Waals surface area contributed by atoms with Gasteiger partial charge in [-0.2, -0.15) is 0 Å². The van der Waals surface area contributed by atoms with Crippen LogP contribution in [0.5, 0.6) is 0 Å². The van der Waals surface area contributed by atoms with Crippen molar-refractivity contribution in [2.75, 3.05) is 6.61 Å². The average Bonchev–Trinajstić information content (AvgIpc) is 2.39. The quantitative estimate of drug-likeness (QED) is 0.832. The maximum absolute atomic E-state index is 9.14. The van der Waals surface area contributed by atoms with E-state index in [1.807, 2.05) is 0 Å². The minimum Gasteiger partial charge on any atom is -0.396 e. The fraction of sp³-hybridized carbons (Fsp3) is 0.625. The van der Waals surface area contributed by atoms with Crippen LogP contribution in [0.3, 0.4) is 0 Å². The van der Waals surface area contributed by atoms with Crippen LogP contribution in [0.2, 0.25) is 0 Å². The molecule has 2 rings (SSSR count). The SMILES string of the molecule is CC1CCC(c2ccc(C(C)CO)cc2)CC1. The van der Waals surface area contributed by atoms with E-state index >= 15 is 0 Å². The third-order valence-electron chi connectivity index (χ3n) is 4.27. The normalized spacial score (nSPS) is 26.8. The lowest BCUT2D eigenvalue weighted by Crippen LogP contribution is -2.11. The lowest BCUT2D eigenvalue weighted by molar-refractivity contribution is 0.273. The van der Waals surface area contributed by atoms with Gasteiger partial charge in [0, 0.05) is 12.5 Å². The topological polar surface area (TPSA) is 20.2 Å². The highest BCUT2D eigenvalue weighted by molar-refractivity contribution is 5.27. The maximum Gasteiger partial charge on any atom is 0.0497 e. The van der Waals surface area contributed by atoms with Gasteiger partial charge >= 0.3 is 0 Å². The molecule has 1 unspecified atom stereocenters. The Kier molecular flexibility index (Phi) is 4.22. The minimum absolute atomic E-state index is 0.236. The van der Waals surface area contributed by atoms with Crippen molar-refractivity contribution in [3.63, 3.8) is 0 Å². The number of aliphatic hydroxyl groups is 1. The fourth-order valence-electron chi connectivity index (χ4n) is 2.80. The van der Waals surface area contributed by atoms with Crippen molar-refractivity contribution in [1.29, 1.82) is 0 Å². The van der Waals surface area contributed by atoms with Gasteiger partial charge in [0.05, 0.1) is 0 Å². The van der Waals surface area contributed by atoms with E-state index in [1.165, 1.54) is 36.8 Å². The van der Waals surface area contributed by atoms with E-state index in [2.05, 4.69) is 38.1 Å². The van der Waals surface area contributed by atoms with Gasteiger partial charge in [0.25, 0.3) is 0 Å². The van der Waals surface area contributed by atoms with Crippen LogP contribution in [0, 0.1) is 5.92 Å². The maximum atomic E-state index is 9.14. The lowest BCUT2D eigenvalue weighted by Gasteiger charge is -2.26. The molecule has 1 aliphatic rings. The van der Waals surface area contributed by atoms with Crippen molar-refractivity contribution < 1.29 is 5.11 Å². The van der Waals surface area contributed by atoms with Gasteiger partial charge in [0.1, 0.15) is 0 Å². The van der Waals surface area contributed by atoms with E-state index in [4.69, 9.17) is 5.11 Å². The molecule has 0 aliphatic heterocycles. The summed E-state index contributed by atoms with van der Waals surface area (Å²) < 4.78 is 0. The molecule has 0 aromatic heterocycles. The highest BCUT2D eigenvalue weighted by atomic mass is 16.3. The van der Waals surface area contributed by atoms with Gasteiger partial charge in [0.15, 0.2) is 0 Å². The molecular weight excluding hydrogens is 208 g/mol. The first-order chi connectivity index (χ1) is 8.20. The molecule has 1 aliphatic carbocycles. The van der Waals surface area contributed by atoms with E-state index in [9.17, 15) is 0 Å². The van der Waals surface area contributed by atoms with Crippen LogP contribution in [-0.4, -0.2) is 11.7 Å². The molecule has 1 aromatic rings. The van der Waals surface area contributed by atoms with Crippen molar-refractivity contribution >= 4 is 0 Å². The van der Waals surface area contributed by atoms with Crippen LogP contribution in [-0.2, 0) is 0 Å². The Balaban J connectivity index is 2.02. The van der Waals surface area contributed by atoms with Gasteiger partial charge in [-0.3, -0.25) is 0 Å². The van der Waals surface area contributed by atoms with E-state index in [-0.39, 0.29) is 12.5 Å². The van der Waals surface area contributed by atoms with Crippen LogP contribution in [0.4, 0.5) is 0 Å². The second-order valence-corrected chi connectivity index (χ2v) is 5.71. The minimum atomic E-state index is 0.236. The smallest absolute Gasteiger partial charge is 0.0497 e. The van der Waals surface area contributed by atoms with Crippen molar-refractivity contribution in [1.82, 2.24) is 0 Å². The molecular formula is C16H24O. The molecule has 1 N–H and O–H groups in total. The van der Waals surface area contributed by atoms with Gasteiger partial charge in [-0.25, -0.2) is 0 Å². The summed E-state index contributed by atoms with van der Waals surface area (Å²) in [6.07, 6.45) is 5.44. The van der Waals surface area contributed by atoms with Gasteiger partial charge in [0.2, 0.25) is 0 Å². The Hall–Kier alpha value is -0.820. The summed E-state index contributed by atoms with van der Waals surface area (Å²) in [6, 6.07) is 8.91. The zero-order valence-corrected chi connectivity index (χ0v) is 11.0. The predicted molar refractivity (Wildman–Crippen MR) is 72.3 cm³/mol. The van der Waals surface area contributed by atoms with Crippen LogP contribution in [0.15, 0.2) is 24.3 Å². The van der Waals surface area contributed by atoms with Gasteiger partial charge in [-0.15, -0.1) is 0 Å². The number of hydrogen-bond donors (Lipinski definition) is 1. The van der Waals surface area contributed by atoms with Crippen LogP contribution >= 0.6 is 0 Å². The molecule has 17 heavy (non-hydrogen) atoms. The van der Waals surface area contributed by atoms with E-state index in [0.29, 0.717) is 0 Å². The molecule has 1 fully saturated rings. The number of hydrogen-bond acceptors (Lipinski definition) is 1. The lowest BCUT2D eigenvalue weighted by atomic mass is 9.79. The molecule has 0 bridgehead atoms. The Bertz CT molecular complexity index is 333. The molecule has 1 nitrogen and oxygen atoms in total. The second kappa shape index (κ2) is 5.68. The summed E-state index contributed by atoms with van der Waals surface area (Å²) in [5.74, 6) is 1.94. The molecule has 1 saturated carbocycles. The summed E-state index contributed by atoms with van der Waals surface area (Å²) in [5, 5.41) is 9.14. The number of rotatable bonds is 3. The molecule has 0 saturated heterocycles. The van der Waals surface area contributed by atoms with E-state index in [0.717, 1.165) is 11.8 Å². The zero-order valence-electron chi connectivity index (χ0n) is 11.0. The van der Waals surface area contributed by atoms with Crippen molar-refractivity contribution in [2.45, 2.75) is 51.4 Å². The first kappa shape index (κ1) is 12.6. The zero-order chi connectivity index (χ0) is 12.3. The largest absolute Gasteiger partial charge is 0.396 e. The summed E-state index contributed by atoms with van der Waals surface area (Å²) >= 11 is 0. The summed E-state index contributed by atoms with van der Waals surface area (Å²) in [5.41, 5.74) is 2.74. The molecule has 1 atom stereocenters. The first-order valence-electron chi connectivity index (χ1n) is 6.91. The molecule has 1 heteroatoms. The van der Waals surface area contributed by atoms with Gasteiger partial charge in [-0.05, 0) is 35.8 Å². The Morgan fingerprint density at radius 2 is 1.71 bits per heavy atom. The fourth-order valence-corrected chi connectivity index (χ4v) is 2.80. The highest BCUT2D eigenvalue weighted by Gasteiger charge is 2.19. The van der Waals surface area contributed by atoms with Gasteiger partial charge < -0.3 is 5.11 Å². The number of aliphatic hydroxyl groups excluding tert-OH is 1. The molecule has 0 spiro atoms. The van der Waals surface area contributed by atoms with Crippen molar-refractivity contribution in [3.8, 4) is 0 Å². The predicted octanol–water partition coefficient (Wildman–Crippen LogP) is 4.08. The van der Waals surface area contributed by atoms with E-state index in [1.54, 1.807) is 0 Å². The molecule has 0 heterocycles. The summed E-state index contributed by atoms with van der Waals surface area (Å²) in [7, 11) is 0. The van der Waals surface area contributed by atoms with Crippen LogP contribution < -0.4 is 0 Å². The molecule has 1 aromatic carbocycles. The monoisotopic (exact) mass is 232 g/mol. The molecule has 0 radical (unpaired) electrons. The van der Waals surface area contributed by atoms with Crippen molar-refractivity contribution in [3.05, 3.63) is 35.4 Å². The second-order valence-electron chi connectivity index (χ2n) is 5.71.